The summed E-state index contributed by atoms with van der Waals surface area (Å²) >= 11 is 0. The molecule has 1 aromatic rings. The molecule has 0 amide bonds. The van der Waals surface area contributed by atoms with Crippen LogP contribution in [0.3, 0.4) is 0 Å². The van der Waals surface area contributed by atoms with Crippen LogP contribution in [0.5, 0.6) is 5.75 Å². The highest BCUT2D eigenvalue weighted by Crippen LogP contribution is 2.48. The average molecular weight is 244 g/mol. The van der Waals surface area contributed by atoms with Gasteiger partial charge in [-0.2, -0.15) is 13.2 Å². The van der Waals surface area contributed by atoms with Crippen LogP contribution in [-0.4, -0.2) is 13.3 Å². The molecule has 2 unspecified atom stereocenters. The molecule has 2 rings (SSSR count). The first-order valence-corrected chi connectivity index (χ1v) is 5.73. The molecule has 1 fully saturated rings. The van der Waals surface area contributed by atoms with E-state index in [4.69, 9.17) is 4.74 Å². The molecule has 2 atom stereocenters. The van der Waals surface area contributed by atoms with Gasteiger partial charge in [-0.15, -0.1) is 0 Å². The van der Waals surface area contributed by atoms with Crippen LogP contribution in [0.4, 0.5) is 13.2 Å². The third kappa shape index (κ3) is 2.56. The number of rotatable bonds is 2. The van der Waals surface area contributed by atoms with E-state index in [0.29, 0.717) is 18.6 Å². The zero-order valence-corrected chi connectivity index (χ0v) is 9.63. The Hall–Kier alpha value is -1.19. The van der Waals surface area contributed by atoms with Gasteiger partial charge in [-0.1, -0.05) is 18.6 Å². The van der Waals surface area contributed by atoms with E-state index in [9.17, 15) is 13.2 Å². The Morgan fingerprint density at radius 1 is 1.12 bits per heavy atom. The Balaban J connectivity index is 2.20. The third-order valence-corrected chi connectivity index (χ3v) is 3.48. The quantitative estimate of drug-likeness (QED) is 0.759. The molecule has 1 aliphatic rings. The van der Waals surface area contributed by atoms with E-state index in [1.807, 2.05) is 0 Å². The lowest BCUT2D eigenvalue weighted by atomic mass is 9.88. The van der Waals surface area contributed by atoms with Crippen molar-refractivity contribution in [2.75, 3.05) is 7.11 Å². The molecule has 17 heavy (non-hydrogen) atoms. The van der Waals surface area contributed by atoms with Crippen molar-refractivity contribution in [1.29, 1.82) is 0 Å². The maximum absolute atomic E-state index is 12.8. The maximum Gasteiger partial charge on any atom is 0.392 e. The van der Waals surface area contributed by atoms with Gasteiger partial charge in [0, 0.05) is 0 Å². The van der Waals surface area contributed by atoms with Gasteiger partial charge < -0.3 is 4.74 Å². The molecular weight excluding hydrogens is 229 g/mol. The van der Waals surface area contributed by atoms with E-state index in [1.54, 1.807) is 31.4 Å². The minimum Gasteiger partial charge on any atom is -0.497 e. The molecule has 1 aliphatic carbocycles. The summed E-state index contributed by atoms with van der Waals surface area (Å²) < 4.78 is 43.5. The van der Waals surface area contributed by atoms with Gasteiger partial charge in [0.25, 0.3) is 0 Å². The summed E-state index contributed by atoms with van der Waals surface area (Å²) in [5.74, 6) is -0.896. The van der Waals surface area contributed by atoms with Gasteiger partial charge in [-0.3, -0.25) is 0 Å². The fraction of sp³-hybridized carbons (Fsp3) is 0.538. The minimum atomic E-state index is -4.08. The molecule has 0 saturated heterocycles. The number of benzene rings is 1. The number of hydrogen-bond acceptors (Lipinski definition) is 1. The SMILES string of the molecule is COc1ccc(C2CCCC2C(F)(F)F)cc1. The monoisotopic (exact) mass is 244 g/mol. The zero-order chi connectivity index (χ0) is 12.5. The molecule has 0 aromatic heterocycles. The van der Waals surface area contributed by atoms with Gasteiger partial charge in [0.05, 0.1) is 13.0 Å². The van der Waals surface area contributed by atoms with Gasteiger partial charge in [-0.25, -0.2) is 0 Å². The second-order valence-electron chi connectivity index (χ2n) is 4.46. The molecule has 1 aromatic carbocycles. The summed E-state index contributed by atoms with van der Waals surface area (Å²) in [6.45, 7) is 0. The molecule has 0 bridgehead atoms. The van der Waals surface area contributed by atoms with E-state index in [-0.39, 0.29) is 12.3 Å². The van der Waals surface area contributed by atoms with E-state index < -0.39 is 12.1 Å². The highest BCUT2D eigenvalue weighted by atomic mass is 19.4. The largest absolute Gasteiger partial charge is 0.497 e. The van der Waals surface area contributed by atoms with Crippen molar-refractivity contribution < 1.29 is 17.9 Å². The number of halogens is 3. The predicted octanol–water partition coefficient (Wildman–Crippen LogP) is 4.14. The third-order valence-electron chi connectivity index (χ3n) is 3.48. The summed E-state index contributed by atoms with van der Waals surface area (Å²) in [6, 6.07) is 6.93. The Morgan fingerprint density at radius 3 is 2.29 bits per heavy atom. The van der Waals surface area contributed by atoms with Gasteiger partial charge in [0.2, 0.25) is 0 Å². The smallest absolute Gasteiger partial charge is 0.392 e. The standard InChI is InChI=1S/C13H15F3O/c1-17-10-7-5-9(6-8-10)11-3-2-4-12(11)13(14,15)16/h5-8,11-12H,2-4H2,1H3. The molecular formula is C13H15F3O. The Labute approximate surface area is 98.6 Å². The van der Waals surface area contributed by atoms with Crippen LogP contribution < -0.4 is 4.74 Å². The highest BCUT2D eigenvalue weighted by molar-refractivity contribution is 5.30. The van der Waals surface area contributed by atoms with Gasteiger partial charge in [0.1, 0.15) is 5.75 Å². The van der Waals surface area contributed by atoms with Crippen molar-refractivity contribution in [2.24, 2.45) is 5.92 Å². The molecule has 0 heterocycles. The number of ether oxygens (including phenoxy) is 1. The molecule has 0 aliphatic heterocycles. The molecule has 0 N–H and O–H groups in total. The molecule has 4 heteroatoms. The lowest BCUT2D eigenvalue weighted by Crippen LogP contribution is -2.25. The van der Waals surface area contributed by atoms with E-state index in [2.05, 4.69) is 0 Å². The van der Waals surface area contributed by atoms with Crippen molar-refractivity contribution in [3.05, 3.63) is 29.8 Å². The Morgan fingerprint density at radius 2 is 1.76 bits per heavy atom. The number of methoxy groups -OCH3 is 1. The fourth-order valence-electron chi connectivity index (χ4n) is 2.60. The lowest BCUT2D eigenvalue weighted by molar-refractivity contribution is -0.176. The first kappa shape index (κ1) is 12.3. The normalized spacial score (nSPS) is 24.9. The lowest BCUT2D eigenvalue weighted by Gasteiger charge is -2.22. The zero-order valence-electron chi connectivity index (χ0n) is 9.63. The van der Waals surface area contributed by atoms with Crippen LogP contribution in [-0.2, 0) is 0 Å². The van der Waals surface area contributed by atoms with Crippen LogP contribution in [0.25, 0.3) is 0 Å². The number of alkyl halides is 3. The van der Waals surface area contributed by atoms with Crippen LogP contribution >= 0.6 is 0 Å². The van der Waals surface area contributed by atoms with Gasteiger partial charge >= 0.3 is 6.18 Å². The molecule has 1 nitrogen and oxygen atoms in total. The molecule has 0 spiro atoms. The van der Waals surface area contributed by atoms with Crippen LogP contribution in [0.15, 0.2) is 24.3 Å². The van der Waals surface area contributed by atoms with Crippen molar-refractivity contribution in [2.45, 2.75) is 31.4 Å². The highest BCUT2D eigenvalue weighted by Gasteiger charge is 2.47. The summed E-state index contributed by atoms with van der Waals surface area (Å²) in [5, 5.41) is 0. The Kier molecular flexibility index (Phi) is 3.31. The van der Waals surface area contributed by atoms with Gasteiger partial charge in [-0.05, 0) is 36.5 Å². The van der Waals surface area contributed by atoms with Crippen molar-refractivity contribution >= 4 is 0 Å². The second-order valence-corrected chi connectivity index (χ2v) is 4.46. The maximum atomic E-state index is 12.8. The van der Waals surface area contributed by atoms with Crippen molar-refractivity contribution in [3.63, 3.8) is 0 Å². The van der Waals surface area contributed by atoms with E-state index >= 15 is 0 Å². The van der Waals surface area contributed by atoms with Crippen LogP contribution in [0.1, 0.15) is 30.7 Å². The van der Waals surface area contributed by atoms with Crippen LogP contribution in [0, 0.1) is 5.92 Å². The summed E-state index contributed by atoms with van der Waals surface area (Å²) in [5.41, 5.74) is 0.769. The van der Waals surface area contributed by atoms with Crippen LogP contribution in [0.2, 0.25) is 0 Å². The first-order valence-electron chi connectivity index (χ1n) is 5.73. The Bertz CT molecular complexity index is 369. The summed E-state index contributed by atoms with van der Waals surface area (Å²) in [4.78, 5) is 0. The topological polar surface area (TPSA) is 9.23 Å². The summed E-state index contributed by atoms with van der Waals surface area (Å²) in [7, 11) is 1.54. The van der Waals surface area contributed by atoms with Gasteiger partial charge in [0.15, 0.2) is 0 Å². The fourth-order valence-corrected chi connectivity index (χ4v) is 2.60. The predicted molar refractivity (Wildman–Crippen MR) is 59.1 cm³/mol. The number of hydrogen-bond donors (Lipinski definition) is 0. The van der Waals surface area contributed by atoms with E-state index in [0.717, 1.165) is 5.56 Å². The van der Waals surface area contributed by atoms with E-state index in [1.165, 1.54) is 0 Å². The average Bonchev–Trinajstić information content (AvgIpc) is 2.78. The minimum absolute atomic E-state index is 0.250. The van der Waals surface area contributed by atoms with Crippen molar-refractivity contribution in [3.8, 4) is 5.75 Å². The molecule has 94 valence electrons. The second kappa shape index (κ2) is 4.59. The first-order chi connectivity index (χ1) is 8.02. The molecule has 0 radical (unpaired) electrons. The summed E-state index contributed by atoms with van der Waals surface area (Å²) in [6.07, 6.45) is -2.56. The molecule has 1 saturated carbocycles. The van der Waals surface area contributed by atoms with Crippen molar-refractivity contribution in [1.82, 2.24) is 0 Å².